The molecule has 0 atom stereocenters. The number of imide groups is 1. The Balaban J connectivity index is 0.00000200. The lowest BCUT2D eigenvalue weighted by atomic mass is 10.2. The second kappa shape index (κ2) is 7.73. The van der Waals surface area contributed by atoms with E-state index in [-0.39, 0.29) is 36.6 Å². The van der Waals surface area contributed by atoms with Gasteiger partial charge in [0, 0.05) is 18.0 Å². The Bertz CT molecular complexity index is 532. The number of rotatable bonds is 4. The maximum absolute atomic E-state index is 12.0. The molecule has 0 radical (unpaired) electrons. The molecule has 1 aromatic carbocycles. The second-order valence-electron chi connectivity index (χ2n) is 3.90. The third-order valence-electron chi connectivity index (χ3n) is 2.64. The van der Waals surface area contributed by atoms with Crippen LogP contribution < -0.4 is 5.73 Å². The highest BCUT2D eigenvalue weighted by molar-refractivity contribution is 8.18. The van der Waals surface area contributed by atoms with E-state index in [0.29, 0.717) is 4.91 Å². The molecule has 1 aliphatic heterocycles. The zero-order chi connectivity index (χ0) is 13.8. The first-order valence-electron chi connectivity index (χ1n) is 5.75. The predicted octanol–water partition coefficient (Wildman–Crippen LogP) is 2.83. The summed E-state index contributed by atoms with van der Waals surface area (Å²) in [6.45, 7) is 0.557. The molecule has 2 N–H and O–H groups in total. The van der Waals surface area contributed by atoms with E-state index in [2.05, 4.69) is 0 Å². The molecule has 1 aliphatic rings. The maximum atomic E-state index is 12.0. The Morgan fingerprint density at radius 2 is 1.95 bits per heavy atom. The van der Waals surface area contributed by atoms with Crippen LogP contribution in [0.5, 0.6) is 0 Å². The number of halogens is 1. The molecule has 0 aliphatic carbocycles. The number of benzene rings is 1. The van der Waals surface area contributed by atoms with Gasteiger partial charge in [-0.05, 0) is 41.8 Å². The summed E-state index contributed by atoms with van der Waals surface area (Å²) in [7, 11) is 0. The van der Waals surface area contributed by atoms with Crippen LogP contribution in [0.1, 0.15) is 5.56 Å². The van der Waals surface area contributed by atoms with Gasteiger partial charge in [0.25, 0.3) is 11.1 Å². The molecule has 4 nitrogen and oxygen atoms in total. The first kappa shape index (κ1) is 17.1. The van der Waals surface area contributed by atoms with E-state index in [1.165, 1.54) is 4.90 Å². The fourth-order valence-electron chi connectivity index (χ4n) is 1.67. The Kier molecular flexibility index (Phi) is 6.61. The van der Waals surface area contributed by atoms with Crippen molar-refractivity contribution in [3.05, 3.63) is 34.7 Å². The van der Waals surface area contributed by atoms with E-state index < -0.39 is 0 Å². The van der Waals surface area contributed by atoms with Crippen LogP contribution in [-0.2, 0) is 4.79 Å². The van der Waals surface area contributed by atoms with Crippen LogP contribution in [0.4, 0.5) is 4.79 Å². The fourth-order valence-corrected chi connectivity index (χ4v) is 2.95. The molecule has 108 valence electrons. The van der Waals surface area contributed by atoms with Crippen LogP contribution in [0.3, 0.4) is 0 Å². The molecule has 1 aromatic rings. The van der Waals surface area contributed by atoms with Crippen LogP contribution in [0.15, 0.2) is 34.1 Å². The van der Waals surface area contributed by atoms with Crippen molar-refractivity contribution in [3.63, 3.8) is 0 Å². The van der Waals surface area contributed by atoms with Gasteiger partial charge in [-0.1, -0.05) is 12.1 Å². The largest absolute Gasteiger partial charge is 0.329 e. The SMILES string of the molecule is CSc1ccc(/C=C2\SC(=O)N(CCN)C2=O)cc1.Cl. The van der Waals surface area contributed by atoms with E-state index in [9.17, 15) is 9.59 Å². The van der Waals surface area contributed by atoms with Gasteiger partial charge in [0.15, 0.2) is 0 Å². The lowest BCUT2D eigenvalue weighted by molar-refractivity contribution is -0.122. The van der Waals surface area contributed by atoms with Gasteiger partial charge in [0.1, 0.15) is 0 Å². The van der Waals surface area contributed by atoms with Crippen molar-refractivity contribution in [2.24, 2.45) is 5.73 Å². The quantitative estimate of drug-likeness (QED) is 0.679. The highest BCUT2D eigenvalue weighted by atomic mass is 35.5. The Morgan fingerprint density at radius 1 is 1.30 bits per heavy atom. The lowest BCUT2D eigenvalue weighted by Gasteiger charge is -2.09. The van der Waals surface area contributed by atoms with E-state index in [4.69, 9.17) is 5.73 Å². The average Bonchev–Trinajstić information content (AvgIpc) is 2.68. The van der Waals surface area contributed by atoms with E-state index in [1.807, 2.05) is 30.5 Å². The van der Waals surface area contributed by atoms with Gasteiger partial charge in [-0.25, -0.2) is 0 Å². The van der Waals surface area contributed by atoms with Crippen molar-refractivity contribution in [2.45, 2.75) is 4.90 Å². The molecule has 1 fully saturated rings. The summed E-state index contributed by atoms with van der Waals surface area (Å²) in [6, 6.07) is 7.84. The summed E-state index contributed by atoms with van der Waals surface area (Å²) in [4.78, 5) is 26.4. The summed E-state index contributed by atoms with van der Waals surface area (Å²) in [5, 5.41) is -0.248. The number of carbonyl (C=O) groups is 2. The Morgan fingerprint density at radius 3 is 2.50 bits per heavy atom. The zero-order valence-corrected chi connectivity index (χ0v) is 13.3. The van der Waals surface area contributed by atoms with Crippen molar-refractivity contribution in [2.75, 3.05) is 19.3 Å². The standard InChI is InChI=1S/C13H14N2O2S2.ClH/c1-18-10-4-2-9(3-5-10)8-11-12(16)15(7-6-14)13(17)19-11;/h2-5,8H,6-7,14H2,1H3;1H/b11-8-;. The molecule has 1 saturated heterocycles. The van der Waals surface area contributed by atoms with Crippen LogP contribution >= 0.6 is 35.9 Å². The zero-order valence-electron chi connectivity index (χ0n) is 10.9. The van der Waals surface area contributed by atoms with Crippen molar-refractivity contribution in [1.29, 1.82) is 0 Å². The first-order valence-corrected chi connectivity index (χ1v) is 7.79. The summed E-state index contributed by atoms with van der Waals surface area (Å²) < 4.78 is 0. The predicted molar refractivity (Wildman–Crippen MR) is 87.2 cm³/mol. The number of hydrogen-bond donors (Lipinski definition) is 1. The molecule has 2 rings (SSSR count). The molecule has 0 unspecified atom stereocenters. The monoisotopic (exact) mass is 330 g/mol. The number of thioether (sulfide) groups is 2. The lowest BCUT2D eigenvalue weighted by Crippen LogP contribution is -2.33. The highest BCUT2D eigenvalue weighted by Gasteiger charge is 2.34. The summed E-state index contributed by atoms with van der Waals surface area (Å²) >= 11 is 2.62. The minimum absolute atomic E-state index is 0. The Labute approximate surface area is 132 Å². The fraction of sp³-hybridized carbons (Fsp3) is 0.231. The third kappa shape index (κ3) is 3.79. The first-order chi connectivity index (χ1) is 9.15. The summed E-state index contributed by atoms with van der Waals surface area (Å²) in [6.07, 6.45) is 3.75. The van der Waals surface area contributed by atoms with Gasteiger partial charge >= 0.3 is 0 Å². The van der Waals surface area contributed by atoms with E-state index in [1.54, 1.807) is 17.8 Å². The normalized spacial score (nSPS) is 16.7. The second-order valence-corrected chi connectivity index (χ2v) is 5.77. The minimum atomic E-state index is -0.255. The number of amides is 2. The van der Waals surface area contributed by atoms with Gasteiger partial charge < -0.3 is 5.73 Å². The van der Waals surface area contributed by atoms with Gasteiger partial charge in [0.2, 0.25) is 0 Å². The van der Waals surface area contributed by atoms with Gasteiger partial charge in [-0.15, -0.1) is 24.2 Å². The van der Waals surface area contributed by atoms with Crippen molar-refractivity contribution in [3.8, 4) is 0 Å². The average molecular weight is 331 g/mol. The molecule has 0 aromatic heterocycles. The molecule has 1 heterocycles. The summed E-state index contributed by atoms with van der Waals surface area (Å²) in [5.74, 6) is -0.255. The summed E-state index contributed by atoms with van der Waals surface area (Å²) in [5.41, 5.74) is 6.30. The van der Waals surface area contributed by atoms with E-state index in [0.717, 1.165) is 22.2 Å². The van der Waals surface area contributed by atoms with Crippen LogP contribution in [0, 0.1) is 0 Å². The topological polar surface area (TPSA) is 63.4 Å². The number of nitrogens with zero attached hydrogens (tertiary/aromatic N) is 1. The smallest absolute Gasteiger partial charge is 0.293 e. The molecular weight excluding hydrogens is 316 g/mol. The molecule has 0 bridgehead atoms. The molecule has 20 heavy (non-hydrogen) atoms. The van der Waals surface area contributed by atoms with Gasteiger partial charge in [-0.3, -0.25) is 14.5 Å². The molecular formula is C13H15ClN2O2S2. The molecule has 2 amide bonds. The molecule has 0 spiro atoms. The number of nitrogens with two attached hydrogens (primary N) is 1. The highest BCUT2D eigenvalue weighted by Crippen LogP contribution is 2.32. The Hall–Kier alpha value is -0.950. The van der Waals surface area contributed by atoms with Crippen LogP contribution in [0.25, 0.3) is 6.08 Å². The van der Waals surface area contributed by atoms with Gasteiger partial charge in [0.05, 0.1) is 4.91 Å². The van der Waals surface area contributed by atoms with Crippen molar-refractivity contribution in [1.82, 2.24) is 4.90 Å². The van der Waals surface area contributed by atoms with Crippen molar-refractivity contribution >= 4 is 53.2 Å². The van der Waals surface area contributed by atoms with Crippen LogP contribution in [0.2, 0.25) is 0 Å². The van der Waals surface area contributed by atoms with E-state index >= 15 is 0 Å². The van der Waals surface area contributed by atoms with Crippen molar-refractivity contribution < 1.29 is 9.59 Å². The maximum Gasteiger partial charge on any atom is 0.293 e. The van der Waals surface area contributed by atoms with Crippen LogP contribution in [-0.4, -0.2) is 35.4 Å². The van der Waals surface area contributed by atoms with Gasteiger partial charge in [-0.2, -0.15) is 0 Å². The number of hydrogen-bond acceptors (Lipinski definition) is 5. The minimum Gasteiger partial charge on any atom is -0.329 e. The molecule has 7 heteroatoms. The third-order valence-corrected chi connectivity index (χ3v) is 4.29. The molecule has 0 saturated carbocycles. The number of carbonyl (C=O) groups excluding carboxylic acids is 2.